The Balaban J connectivity index is 1.67. The van der Waals surface area contributed by atoms with Crippen LogP contribution in [0.3, 0.4) is 0 Å². The molecule has 0 aliphatic carbocycles. The summed E-state index contributed by atoms with van der Waals surface area (Å²) in [6.07, 6.45) is 0.786. The number of nitrogens with one attached hydrogen (secondary N) is 1. The van der Waals surface area contributed by atoms with Crippen molar-refractivity contribution in [2.24, 2.45) is 0 Å². The van der Waals surface area contributed by atoms with E-state index in [0.29, 0.717) is 29.1 Å². The first-order valence-electron chi connectivity index (χ1n) is 9.57. The first kappa shape index (κ1) is 20.0. The van der Waals surface area contributed by atoms with Gasteiger partial charge in [-0.15, -0.1) is 0 Å². The van der Waals surface area contributed by atoms with Gasteiger partial charge in [-0.25, -0.2) is 8.42 Å². The Labute approximate surface area is 176 Å². The molecule has 0 unspecified atom stereocenters. The van der Waals surface area contributed by atoms with E-state index in [0.717, 1.165) is 17.7 Å². The molecule has 3 aromatic rings. The Hall–Kier alpha value is -3.32. The lowest BCUT2D eigenvalue weighted by Gasteiger charge is -2.19. The number of carbonyl (C=O) groups excluding carboxylic acids is 1. The van der Waals surface area contributed by atoms with Crippen LogP contribution < -0.4 is 14.4 Å². The van der Waals surface area contributed by atoms with Crippen LogP contribution in [0, 0.1) is 6.92 Å². The van der Waals surface area contributed by atoms with E-state index in [4.69, 9.17) is 4.74 Å². The highest BCUT2D eigenvalue weighted by molar-refractivity contribution is 7.92. The Morgan fingerprint density at radius 3 is 2.57 bits per heavy atom. The number of hydrogen-bond donors (Lipinski definition) is 1. The van der Waals surface area contributed by atoms with Crippen LogP contribution in [0.25, 0.3) is 0 Å². The van der Waals surface area contributed by atoms with Crippen LogP contribution in [-0.4, -0.2) is 28.0 Å². The third-order valence-electron chi connectivity index (χ3n) is 5.21. The number of para-hydroxylation sites is 3. The van der Waals surface area contributed by atoms with Crippen LogP contribution in [0.2, 0.25) is 0 Å². The van der Waals surface area contributed by atoms with Crippen molar-refractivity contribution in [1.82, 2.24) is 0 Å². The Morgan fingerprint density at radius 2 is 1.77 bits per heavy atom. The monoisotopic (exact) mass is 422 g/mol. The lowest BCUT2D eigenvalue weighted by molar-refractivity contribution is 0.0989. The van der Waals surface area contributed by atoms with Crippen molar-refractivity contribution in [3.8, 4) is 5.75 Å². The van der Waals surface area contributed by atoms with Crippen molar-refractivity contribution in [1.29, 1.82) is 0 Å². The lowest BCUT2D eigenvalue weighted by Crippen LogP contribution is -2.29. The minimum absolute atomic E-state index is 0.0618. The number of ether oxygens (including phenoxy) is 1. The first-order chi connectivity index (χ1) is 14.4. The zero-order valence-corrected chi connectivity index (χ0v) is 17.6. The van der Waals surface area contributed by atoms with Gasteiger partial charge in [-0.3, -0.25) is 9.52 Å². The van der Waals surface area contributed by atoms with Crippen molar-refractivity contribution >= 4 is 27.3 Å². The molecule has 0 saturated heterocycles. The second-order valence-corrected chi connectivity index (χ2v) is 8.77. The van der Waals surface area contributed by atoms with E-state index in [1.807, 2.05) is 24.3 Å². The molecule has 0 radical (unpaired) electrons. The number of sulfonamides is 1. The molecular weight excluding hydrogens is 400 g/mol. The van der Waals surface area contributed by atoms with E-state index in [-0.39, 0.29) is 10.8 Å². The molecular formula is C23H22N2O4S. The summed E-state index contributed by atoms with van der Waals surface area (Å²) in [7, 11) is -2.44. The predicted molar refractivity (Wildman–Crippen MR) is 117 cm³/mol. The normalized spacial score (nSPS) is 13.1. The maximum absolute atomic E-state index is 13.1. The van der Waals surface area contributed by atoms with Crippen LogP contribution in [0.15, 0.2) is 71.6 Å². The average molecular weight is 423 g/mol. The van der Waals surface area contributed by atoms with Crippen LogP contribution in [0.4, 0.5) is 11.4 Å². The summed E-state index contributed by atoms with van der Waals surface area (Å²) in [4.78, 5) is 14.9. The van der Waals surface area contributed by atoms with Crippen molar-refractivity contribution in [3.05, 3.63) is 83.4 Å². The van der Waals surface area contributed by atoms with Gasteiger partial charge in [0.2, 0.25) is 0 Å². The number of methoxy groups -OCH3 is 1. The smallest absolute Gasteiger partial charge is 0.262 e. The topological polar surface area (TPSA) is 75.7 Å². The number of nitrogens with zero attached hydrogens (tertiary/aromatic N) is 1. The van der Waals surface area contributed by atoms with E-state index in [2.05, 4.69) is 4.72 Å². The van der Waals surface area contributed by atoms with Gasteiger partial charge in [0, 0.05) is 17.8 Å². The molecule has 0 fully saturated rings. The number of carbonyl (C=O) groups is 1. The molecule has 0 bridgehead atoms. The van der Waals surface area contributed by atoms with E-state index in [9.17, 15) is 13.2 Å². The number of hydrogen-bond acceptors (Lipinski definition) is 4. The quantitative estimate of drug-likeness (QED) is 0.674. The minimum Gasteiger partial charge on any atom is -0.495 e. The molecule has 1 aliphatic heterocycles. The van der Waals surface area contributed by atoms with Gasteiger partial charge >= 0.3 is 0 Å². The summed E-state index contributed by atoms with van der Waals surface area (Å²) < 4.78 is 34.0. The number of anilines is 2. The molecule has 30 heavy (non-hydrogen) atoms. The highest BCUT2D eigenvalue weighted by atomic mass is 32.2. The van der Waals surface area contributed by atoms with Gasteiger partial charge in [-0.05, 0) is 54.8 Å². The summed E-state index contributed by atoms with van der Waals surface area (Å²) in [6.45, 7) is 2.28. The number of aryl methyl sites for hydroxylation is 1. The maximum Gasteiger partial charge on any atom is 0.262 e. The summed E-state index contributed by atoms with van der Waals surface area (Å²) in [6, 6.07) is 19.3. The zero-order valence-electron chi connectivity index (χ0n) is 16.8. The molecule has 1 heterocycles. The van der Waals surface area contributed by atoms with Crippen molar-refractivity contribution in [2.75, 3.05) is 23.3 Å². The van der Waals surface area contributed by atoms with E-state index in [1.165, 1.54) is 13.2 Å². The molecule has 3 aromatic carbocycles. The molecule has 7 heteroatoms. The summed E-state index contributed by atoms with van der Waals surface area (Å²) in [5.74, 6) is 0.202. The Morgan fingerprint density at radius 1 is 1.03 bits per heavy atom. The fourth-order valence-electron chi connectivity index (χ4n) is 3.66. The Kier molecular flexibility index (Phi) is 5.22. The highest BCUT2D eigenvalue weighted by Gasteiger charge is 2.27. The number of amides is 1. The average Bonchev–Trinajstić information content (AvgIpc) is 3.18. The van der Waals surface area contributed by atoms with Crippen LogP contribution in [0.5, 0.6) is 5.75 Å². The summed E-state index contributed by atoms with van der Waals surface area (Å²) in [5, 5.41) is 0. The van der Waals surface area contributed by atoms with Gasteiger partial charge in [-0.1, -0.05) is 36.4 Å². The van der Waals surface area contributed by atoms with Crippen LogP contribution in [0.1, 0.15) is 21.5 Å². The lowest BCUT2D eigenvalue weighted by atomic mass is 10.1. The molecule has 0 aromatic heterocycles. The molecule has 4 rings (SSSR count). The van der Waals surface area contributed by atoms with Gasteiger partial charge in [-0.2, -0.15) is 0 Å². The minimum atomic E-state index is -3.92. The second-order valence-electron chi connectivity index (χ2n) is 7.12. The van der Waals surface area contributed by atoms with Gasteiger partial charge in [0.05, 0.1) is 17.7 Å². The first-order valence-corrected chi connectivity index (χ1v) is 11.1. The fraction of sp³-hybridized carbons (Fsp3) is 0.174. The van der Waals surface area contributed by atoms with E-state index in [1.54, 1.807) is 48.2 Å². The molecule has 0 spiro atoms. The van der Waals surface area contributed by atoms with E-state index >= 15 is 0 Å². The van der Waals surface area contributed by atoms with Gasteiger partial charge in [0.15, 0.2) is 0 Å². The molecule has 0 saturated carbocycles. The summed E-state index contributed by atoms with van der Waals surface area (Å²) >= 11 is 0. The van der Waals surface area contributed by atoms with Crippen LogP contribution >= 0.6 is 0 Å². The molecule has 6 nitrogen and oxygen atoms in total. The maximum atomic E-state index is 13.1. The molecule has 1 aliphatic rings. The molecule has 1 N–H and O–H groups in total. The SMILES string of the molecule is COc1ccccc1NS(=O)(=O)c1cc(C(=O)N2CCc3ccccc32)ccc1C. The third-order valence-corrected chi connectivity index (χ3v) is 6.72. The van der Waals surface area contributed by atoms with Gasteiger partial charge < -0.3 is 9.64 Å². The van der Waals surface area contributed by atoms with Crippen molar-refractivity contribution < 1.29 is 17.9 Å². The number of rotatable bonds is 5. The van der Waals surface area contributed by atoms with Gasteiger partial charge in [0.25, 0.3) is 15.9 Å². The molecule has 154 valence electrons. The fourth-order valence-corrected chi connectivity index (χ4v) is 5.00. The van der Waals surface area contributed by atoms with Crippen LogP contribution in [-0.2, 0) is 16.4 Å². The molecule has 0 atom stereocenters. The predicted octanol–water partition coefficient (Wildman–Crippen LogP) is 4.01. The number of benzene rings is 3. The standard InChI is InChI=1S/C23H22N2O4S/c1-16-11-12-18(23(26)25-14-13-17-7-3-5-9-20(17)25)15-22(16)30(27,28)24-19-8-4-6-10-21(19)29-2/h3-12,15,24H,13-14H2,1-2H3. The zero-order chi connectivity index (χ0) is 21.3. The van der Waals surface area contributed by atoms with E-state index < -0.39 is 10.0 Å². The largest absolute Gasteiger partial charge is 0.495 e. The third kappa shape index (κ3) is 3.64. The van der Waals surface area contributed by atoms with Crippen molar-refractivity contribution in [3.63, 3.8) is 0 Å². The van der Waals surface area contributed by atoms with Gasteiger partial charge in [0.1, 0.15) is 5.75 Å². The second kappa shape index (κ2) is 7.84. The summed E-state index contributed by atoms with van der Waals surface area (Å²) in [5.41, 5.74) is 3.21. The highest BCUT2D eigenvalue weighted by Crippen LogP contribution is 2.31. The molecule has 1 amide bonds. The number of fused-ring (bicyclic) bond motifs is 1. The van der Waals surface area contributed by atoms with Crippen molar-refractivity contribution in [2.45, 2.75) is 18.2 Å². The Bertz CT molecular complexity index is 1220.